The summed E-state index contributed by atoms with van der Waals surface area (Å²) in [5.74, 6) is -0.547. The molecule has 0 aliphatic carbocycles. The van der Waals surface area contributed by atoms with Gasteiger partial charge in [-0.05, 0) is 31.9 Å². The fourth-order valence-electron chi connectivity index (χ4n) is 2.75. The summed E-state index contributed by atoms with van der Waals surface area (Å²) in [7, 11) is 0. The number of fused-ring (bicyclic) bond motifs is 1. The van der Waals surface area contributed by atoms with Crippen molar-refractivity contribution in [3.63, 3.8) is 0 Å². The van der Waals surface area contributed by atoms with E-state index in [2.05, 4.69) is 15.5 Å². The quantitative estimate of drug-likeness (QED) is 0.838. The van der Waals surface area contributed by atoms with Crippen molar-refractivity contribution < 1.29 is 9.90 Å². The molecule has 24 heavy (non-hydrogen) atoms. The van der Waals surface area contributed by atoms with E-state index in [9.17, 15) is 9.59 Å². The highest BCUT2D eigenvalue weighted by atomic mass is 16.4. The Hall–Kier alpha value is -2.96. The maximum atomic E-state index is 12.6. The van der Waals surface area contributed by atoms with E-state index in [1.165, 1.54) is 6.20 Å². The fraction of sp³-hybridized carbons (Fsp3) is 0.294. The first-order valence-electron chi connectivity index (χ1n) is 7.76. The Morgan fingerprint density at radius 3 is 2.88 bits per heavy atom. The standard InChI is InChI=1S/C17H18N4O3/c1-11-7-8-14(20-19-13-5-3-2-4-6-13)16-18-10-12(9-15(22)23)17(24)21(11)16/h2-6,10-11,19H,7-9H2,1H3,(H,22,23)/b20-14+. The van der Waals surface area contributed by atoms with Crippen LogP contribution in [-0.2, 0) is 11.2 Å². The van der Waals surface area contributed by atoms with Gasteiger partial charge in [0.25, 0.3) is 5.56 Å². The van der Waals surface area contributed by atoms with Gasteiger partial charge in [0.2, 0.25) is 0 Å². The number of hydrazone groups is 1. The largest absolute Gasteiger partial charge is 0.481 e. The number of aliphatic carboxylic acids is 1. The molecule has 2 aromatic rings. The molecule has 1 aliphatic rings. The molecule has 0 spiro atoms. The lowest BCUT2D eigenvalue weighted by molar-refractivity contribution is -0.136. The minimum Gasteiger partial charge on any atom is -0.481 e. The van der Waals surface area contributed by atoms with E-state index in [0.29, 0.717) is 18.0 Å². The van der Waals surface area contributed by atoms with Gasteiger partial charge in [-0.15, -0.1) is 0 Å². The van der Waals surface area contributed by atoms with Crippen molar-refractivity contribution in [1.29, 1.82) is 0 Å². The molecule has 1 atom stereocenters. The van der Waals surface area contributed by atoms with Gasteiger partial charge in [0.15, 0.2) is 5.82 Å². The molecule has 0 fully saturated rings. The summed E-state index contributed by atoms with van der Waals surface area (Å²) < 4.78 is 1.55. The Morgan fingerprint density at radius 1 is 1.42 bits per heavy atom. The van der Waals surface area contributed by atoms with Crippen molar-refractivity contribution >= 4 is 17.4 Å². The Kier molecular flexibility index (Phi) is 4.41. The molecule has 1 aromatic heterocycles. The third kappa shape index (κ3) is 3.19. The van der Waals surface area contributed by atoms with E-state index in [1.54, 1.807) is 4.57 Å². The van der Waals surface area contributed by atoms with Crippen molar-refractivity contribution in [2.75, 3.05) is 5.43 Å². The van der Waals surface area contributed by atoms with E-state index < -0.39 is 5.97 Å². The maximum absolute atomic E-state index is 12.6. The SMILES string of the molecule is CC1CC/C(=N\Nc2ccccc2)c2ncc(CC(=O)O)c(=O)n21. The molecule has 3 rings (SSSR count). The highest BCUT2D eigenvalue weighted by Gasteiger charge is 2.25. The number of anilines is 1. The molecule has 124 valence electrons. The van der Waals surface area contributed by atoms with Crippen molar-refractivity contribution in [1.82, 2.24) is 9.55 Å². The number of carboxylic acid groups (broad SMARTS) is 1. The van der Waals surface area contributed by atoms with Crippen molar-refractivity contribution in [2.24, 2.45) is 5.10 Å². The van der Waals surface area contributed by atoms with Gasteiger partial charge < -0.3 is 5.11 Å². The van der Waals surface area contributed by atoms with Crippen LogP contribution in [0, 0.1) is 0 Å². The van der Waals surface area contributed by atoms with E-state index >= 15 is 0 Å². The third-order valence-electron chi connectivity index (χ3n) is 4.00. The number of carboxylic acids is 1. The first-order valence-corrected chi connectivity index (χ1v) is 7.76. The Labute approximate surface area is 138 Å². The fourth-order valence-corrected chi connectivity index (χ4v) is 2.75. The van der Waals surface area contributed by atoms with E-state index in [1.807, 2.05) is 37.3 Å². The summed E-state index contributed by atoms with van der Waals surface area (Å²) in [6, 6.07) is 9.48. The zero-order valence-electron chi connectivity index (χ0n) is 13.3. The van der Waals surface area contributed by atoms with Crippen molar-refractivity contribution in [3.05, 3.63) is 58.3 Å². The second kappa shape index (κ2) is 6.66. The highest BCUT2D eigenvalue weighted by Crippen LogP contribution is 2.22. The summed E-state index contributed by atoms with van der Waals surface area (Å²) in [5.41, 5.74) is 4.40. The van der Waals surface area contributed by atoms with Crippen LogP contribution in [0.1, 0.15) is 37.2 Å². The van der Waals surface area contributed by atoms with Gasteiger partial charge >= 0.3 is 5.97 Å². The summed E-state index contributed by atoms with van der Waals surface area (Å²) in [6.45, 7) is 1.93. The molecule has 0 amide bonds. The third-order valence-corrected chi connectivity index (χ3v) is 4.00. The van der Waals surface area contributed by atoms with E-state index in [-0.39, 0.29) is 23.6 Å². The number of nitrogens with one attached hydrogen (secondary N) is 1. The van der Waals surface area contributed by atoms with Crippen LogP contribution in [0.3, 0.4) is 0 Å². The summed E-state index contributed by atoms with van der Waals surface area (Å²) in [4.78, 5) is 27.8. The number of carbonyl (C=O) groups is 1. The van der Waals surface area contributed by atoms with Gasteiger partial charge in [-0.1, -0.05) is 18.2 Å². The Morgan fingerprint density at radius 2 is 2.17 bits per heavy atom. The number of hydrogen-bond acceptors (Lipinski definition) is 5. The summed E-state index contributed by atoms with van der Waals surface area (Å²) in [5, 5.41) is 13.3. The normalized spacial score (nSPS) is 18.2. The molecule has 0 saturated carbocycles. The number of para-hydroxylation sites is 1. The Bertz CT molecular complexity index is 843. The number of nitrogens with zero attached hydrogens (tertiary/aromatic N) is 3. The molecule has 0 bridgehead atoms. The van der Waals surface area contributed by atoms with Crippen LogP contribution in [-0.4, -0.2) is 26.3 Å². The van der Waals surface area contributed by atoms with Gasteiger partial charge in [0.1, 0.15) is 5.71 Å². The molecule has 2 heterocycles. The second-order valence-electron chi connectivity index (χ2n) is 5.78. The number of benzene rings is 1. The maximum Gasteiger partial charge on any atom is 0.308 e. The summed E-state index contributed by atoms with van der Waals surface area (Å²) >= 11 is 0. The molecule has 1 unspecified atom stereocenters. The van der Waals surface area contributed by atoms with Crippen molar-refractivity contribution in [2.45, 2.75) is 32.2 Å². The smallest absolute Gasteiger partial charge is 0.308 e. The topological polar surface area (TPSA) is 96.6 Å². The van der Waals surface area contributed by atoms with Crippen molar-refractivity contribution in [3.8, 4) is 0 Å². The number of aromatic nitrogens is 2. The molecular weight excluding hydrogens is 308 g/mol. The average molecular weight is 326 g/mol. The highest BCUT2D eigenvalue weighted by molar-refractivity contribution is 5.98. The van der Waals surface area contributed by atoms with Gasteiger partial charge in [0, 0.05) is 17.8 Å². The van der Waals surface area contributed by atoms with Crippen LogP contribution in [0.5, 0.6) is 0 Å². The average Bonchev–Trinajstić information content (AvgIpc) is 2.57. The van der Waals surface area contributed by atoms with E-state index in [0.717, 1.165) is 12.1 Å². The van der Waals surface area contributed by atoms with Gasteiger partial charge in [-0.3, -0.25) is 19.6 Å². The molecule has 2 N–H and O–H groups in total. The minimum absolute atomic E-state index is 0.0376. The van der Waals surface area contributed by atoms with E-state index in [4.69, 9.17) is 5.11 Å². The monoisotopic (exact) mass is 326 g/mol. The number of rotatable bonds is 4. The molecule has 7 nitrogen and oxygen atoms in total. The van der Waals surface area contributed by atoms with Crippen LogP contribution in [0.2, 0.25) is 0 Å². The Balaban J connectivity index is 1.97. The zero-order valence-corrected chi connectivity index (χ0v) is 13.3. The van der Waals surface area contributed by atoms with Crippen LogP contribution in [0.25, 0.3) is 0 Å². The predicted molar refractivity (Wildman–Crippen MR) is 90.4 cm³/mol. The summed E-state index contributed by atoms with van der Waals surface area (Å²) in [6.07, 6.45) is 2.47. The lowest BCUT2D eigenvalue weighted by atomic mass is 10.0. The van der Waals surface area contributed by atoms with Crippen LogP contribution < -0.4 is 11.0 Å². The molecule has 0 saturated heterocycles. The zero-order chi connectivity index (χ0) is 17.1. The van der Waals surface area contributed by atoms with Gasteiger partial charge in [0.05, 0.1) is 12.1 Å². The first-order chi connectivity index (χ1) is 11.6. The molecule has 1 aromatic carbocycles. The molecule has 0 radical (unpaired) electrons. The van der Waals surface area contributed by atoms with Crippen LogP contribution in [0.4, 0.5) is 5.69 Å². The molecule has 1 aliphatic heterocycles. The van der Waals surface area contributed by atoms with Crippen LogP contribution in [0.15, 0.2) is 46.4 Å². The van der Waals surface area contributed by atoms with Gasteiger partial charge in [-0.2, -0.15) is 5.10 Å². The molecule has 7 heteroatoms. The predicted octanol–water partition coefficient (Wildman–Crippen LogP) is 2.04. The second-order valence-corrected chi connectivity index (χ2v) is 5.78. The lowest BCUT2D eigenvalue weighted by Gasteiger charge is -2.25. The molecular formula is C17H18N4O3. The van der Waals surface area contributed by atoms with Gasteiger partial charge in [-0.25, -0.2) is 4.98 Å². The number of hydrogen-bond donors (Lipinski definition) is 2. The lowest BCUT2D eigenvalue weighted by Crippen LogP contribution is -2.36. The minimum atomic E-state index is -1.04. The van der Waals surface area contributed by atoms with Crippen LogP contribution >= 0.6 is 0 Å². The first kappa shape index (κ1) is 15.9.